The third kappa shape index (κ3) is 18.8. The van der Waals surface area contributed by atoms with Gasteiger partial charge in [-0.05, 0) is 20.8 Å². The summed E-state index contributed by atoms with van der Waals surface area (Å²) in [6.45, 7) is 8.74. The fourth-order valence-corrected chi connectivity index (χ4v) is 1.48. The lowest BCUT2D eigenvalue weighted by atomic mass is 10.2. The van der Waals surface area contributed by atoms with Crippen LogP contribution in [-0.2, 0) is 33.3 Å². The van der Waals surface area contributed by atoms with Crippen LogP contribution in [0.5, 0.6) is 0 Å². The molecule has 0 spiro atoms. The zero-order valence-corrected chi connectivity index (χ0v) is 15.0. The lowest BCUT2D eigenvalue weighted by Crippen LogP contribution is -2.24. The first-order valence-electron chi connectivity index (χ1n) is 8.12. The average Bonchev–Trinajstić information content (AvgIpc) is 2.45. The molecule has 8 nitrogen and oxygen atoms in total. The van der Waals surface area contributed by atoms with Crippen molar-refractivity contribution in [3.63, 3.8) is 0 Å². The number of rotatable bonds is 15. The molecule has 0 saturated heterocycles. The Morgan fingerprint density at radius 1 is 0.708 bits per heavy atom. The van der Waals surface area contributed by atoms with Crippen molar-refractivity contribution in [1.29, 1.82) is 0 Å². The van der Waals surface area contributed by atoms with E-state index in [1.165, 1.54) is 0 Å². The summed E-state index contributed by atoms with van der Waals surface area (Å²) in [4.78, 5) is 21.9. The van der Waals surface area contributed by atoms with Gasteiger partial charge in [0.2, 0.25) is 5.91 Å². The second kappa shape index (κ2) is 14.2. The molecule has 0 radical (unpaired) electrons. The molecule has 0 atom stereocenters. The maximum absolute atomic E-state index is 11.4. The molecule has 1 amide bonds. The molecule has 0 aromatic carbocycles. The summed E-state index contributed by atoms with van der Waals surface area (Å²) in [5.41, 5.74) is 4.51. The van der Waals surface area contributed by atoms with Gasteiger partial charge in [0.25, 0.3) is 0 Å². The van der Waals surface area contributed by atoms with Crippen LogP contribution in [0.25, 0.3) is 0 Å². The molecule has 0 rings (SSSR count). The number of primary amides is 1. The van der Waals surface area contributed by atoms with Gasteiger partial charge in [-0.1, -0.05) is 0 Å². The van der Waals surface area contributed by atoms with Gasteiger partial charge in [-0.2, -0.15) is 0 Å². The van der Waals surface area contributed by atoms with Crippen LogP contribution in [0.4, 0.5) is 0 Å². The fraction of sp³-hybridized carbons (Fsp3) is 0.875. The standard InChI is InChI=1S/C16H31NO7/c1-16(2,3)24-15(19)5-7-21-9-11-23-13-12-22-10-8-20-6-4-14(17)18/h4-13H2,1-3H3,(H2,17,18). The zero-order chi connectivity index (χ0) is 18.3. The van der Waals surface area contributed by atoms with E-state index in [4.69, 9.17) is 29.4 Å². The Kier molecular flexibility index (Phi) is 13.4. The molecule has 0 heterocycles. The molecule has 0 aromatic heterocycles. The predicted molar refractivity (Wildman–Crippen MR) is 87.5 cm³/mol. The molecule has 0 aromatic rings. The second-order valence-electron chi connectivity index (χ2n) is 6.00. The number of carbonyl (C=O) groups is 2. The predicted octanol–water partition coefficient (Wildman–Crippen LogP) is 0.660. The Labute approximate surface area is 143 Å². The summed E-state index contributed by atoms with van der Waals surface area (Å²) in [6, 6.07) is 0. The fourth-order valence-electron chi connectivity index (χ4n) is 1.48. The third-order valence-corrected chi connectivity index (χ3v) is 2.48. The Morgan fingerprint density at radius 3 is 1.46 bits per heavy atom. The van der Waals surface area contributed by atoms with Crippen molar-refractivity contribution < 1.29 is 33.3 Å². The van der Waals surface area contributed by atoms with Gasteiger partial charge >= 0.3 is 5.97 Å². The van der Waals surface area contributed by atoms with Crippen LogP contribution in [0.1, 0.15) is 33.6 Å². The minimum Gasteiger partial charge on any atom is -0.460 e. The number of nitrogens with two attached hydrogens (primary N) is 1. The molecule has 2 N–H and O–H groups in total. The highest BCUT2D eigenvalue weighted by Crippen LogP contribution is 2.07. The van der Waals surface area contributed by atoms with Crippen molar-refractivity contribution in [1.82, 2.24) is 0 Å². The van der Waals surface area contributed by atoms with Crippen LogP contribution in [0.15, 0.2) is 0 Å². The quantitative estimate of drug-likeness (QED) is 0.342. The number of ether oxygens (including phenoxy) is 5. The first-order chi connectivity index (χ1) is 11.3. The minimum atomic E-state index is -0.465. The first-order valence-corrected chi connectivity index (χ1v) is 8.12. The summed E-state index contributed by atoms with van der Waals surface area (Å²) < 4.78 is 26.2. The minimum absolute atomic E-state index is 0.219. The Balaban J connectivity index is 3.18. The molecule has 0 saturated carbocycles. The van der Waals surface area contributed by atoms with E-state index in [0.29, 0.717) is 52.9 Å². The topological polar surface area (TPSA) is 106 Å². The van der Waals surface area contributed by atoms with Crippen molar-refractivity contribution in [3.05, 3.63) is 0 Å². The van der Waals surface area contributed by atoms with Crippen molar-refractivity contribution in [3.8, 4) is 0 Å². The molecule has 0 unspecified atom stereocenters. The van der Waals surface area contributed by atoms with Gasteiger partial charge in [0, 0.05) is 6.42 Å². The van der Waals surface area contributed by atoms with Gasteiger partial charge in [-0.25, -0.2) is 0 Å². The number of carbonyl (C=O) groups excluding carboxylic acids is 2. The first kappa shape index (κ1) is 22.8. The van der Waals surface area contributed by atoms with Crippen molar-refractivity contribution >= 4 is 11.9 Å². The highest BCUT2D eigenvalue weighted by molar-refractivity contribution is 5.73. The van der Waals surface area contributed by atoms with E-state index in [1.54, 1.807) is 0 Å². The second-order valence-corrected chi connectivity index (χ2v) is 6.00. The number of hydrogen-bond donors (Lipinski definition) is 1. The number of esters is 1. The molecule has 8 heteroatoms. The van der Waals surface area contributed by atoms with Gasteiger partial charge in [-0.3, -0.25) is 9.59 Å². The molecule has 0 fully saturated rings. The molecule has 24 heavy (non-hydrogen) atoms. The van der Waals surface area contributed by atoms with Gasteiger partial charge in [0.05, 0.1) is 59.3 Å². The molecule has 0 aliphatic rings. The van der Waals surface area contributed by atoms with Crippen LogP contribution in [0.3, 0.4) is 0 Å². The molecular formula is C16H31NO7. The van der Waals surface area contributed by atoms with E-state index < -0.39 is 5.60 Å². The summed E-state index contributed by atoms with van der Waals surface area (Å²) in [5, 5.41) is 0. The monoisotopic (exact) mass is 349 g/mol. The van der Waals surface area contributed by atoms with E-state index >= 15 is 0 Å². The summed E-state index contributed by atoms with van der Waals surface area (Å²) in [6.07, 6.45) is 0.452. The van der Waals surface area contributed by atoms with Crippen molar-refractivity contribution in [2.75, 3.05) is 52.9 Å². The highest BCUT2D eigenvalue weighted by Gasteiger charge is 2.15. The van der Waals surface area contributed by atoms with Gasteiger partial charge in [0.1, 0.15) is 5.60 Å². The highest BCUT2D eigenvalue weighted by atomic mass is 16.6. The largest absolute Gasteiger partial charge is 0.460 e. The summed E-state index contributed by atoms with van der Waals surface area (Å²) in [7, 11) is 0. The SMILES string of the molecule is CC(C)(C)OC(=O)CCOCCOCCOCCOCCC(N)=O. The Morgan fingerprint density at radius 2 is 1.08 bits per heavy atom. The van der Waals surface area contributed by atoms with E-state index in [1.807, 2.05) is 20.8 Å². The molecule has 0 aliphatic carbocycles. The van der Waals surface area contributed by atoms with Gasteiger partial charge < -0.3 is 29.4 Å². The van der Waals surface area contributed by atoms with Crippen molar-refractivity contribution in [2.24, 2.45) is 5.73 Å². The molecule has 142 valence electrons. The summed E-state index contributed by atoms with van der Waals surface area (Å²) >= 11 is 0. The lowest BCUT2D eigenvalue weighted by molar-refractivity contribution is -0.156. The van der Waals surface area contributed by atoms with Crippen LogP contribution >= 0.6 is 0 Å². The number of hydrogen-bond acceptors (Lipinski definition) is 7. The Bertz CT molecular complexity index is 342. The average molecular weight is 349 g/mol. The van der Waals surface area contributed by atoms with E-state index in [2.05, 4.69) is 0 Å². The van der Waals surface area contributed by atoms with Crippen molar-refractivity contribution in [2.45, 2.75) is 39.2 Å². The molecule has 0 aliphatic heterocycles. The Hall–Kier alpha value is -1.22. The normalized spacial score (nSPS) is 11.5. The van der Waals surface area contributed by atoms with E-state index in [0.717, 1.165) is 0 Å². The van der Waals surface area contributed by atoms with Crippen LogP contribution in [0, 0.1) is 0 Å². The van der Waals surface area contributed by atoms with Gasteiger partial charge in [-0.15, -0.1) is 0 Å². The van der Waals surface area contributed by atoms with Crippen LogP contribution < -0.4 is 5.73 Å². The van der Waals surface area contributed by atoms with E-state index in [9.17, 15) is 9.59 Å². The van der Waals surface area contributed by atoms with Crippen LogP contribution in [-0.4, -0.2) is 70.3 Å². The maximum Gasteiger partial charge on any atom is 0.308 e. The molecule has 0 bridgehead atoms. The maximum atomic E-state index is 11.4. The third-order valence-electron chi connectivity index (χ3n) is 2.48. The number of amides is 1. The zero-order valence-electron chi connectivity index (χ0n) is 15.0. The lowest BCUT2D eigenvalue weighted by Gasteiger charge is -2.19. The van der Waals surface area contributed by atoms with Gasteiger partial charge in [0.15, 0.2) is 0 Å². The van der Waals surface area contributed by atoms with Crippen LogP contribution in [0.2, 0.25) is 0 Å². The summed E-state index contributed by atoms with van der Waals surface area (Å²) in [5.74, 6) is -0.646. The van der Waals surface area contributed by atoms with E-state index in [-0.39, 0.29) is 24.7 Å². The molecular weight excluding hydrogens is 318 g/mol. The smallest absolute Gasteiger partial charge is 0.308 e.